The van der Waals surface area contributed by atoms with Crippen LogP contribution in [0.1, 0.15) is 37.8 Å². The highest BCUT2D eigenvalue weighted by atomic mass is 127. The number of aryl methyl sites for hydroxylation is 1. The fourth-order valence-corrected chi connectivity index (χ4v) is 3.15. The van der Waals surface area contributed by atoms with Crippen molar-refractivity contribution < 1.29 is 4.39 Å². The lowest BCUT2D eigenvalue weighted by Gasteiger charge is -2.12. The van der Waals surface area contributed by atoms with Gasteiger partial charge in [0.25, 0.3) is 0 Å². The quantitative estimate of drug-likeness (QED) is 0.164. The second-order valence-electron chi connectivity index (χ2n) is 6.25. The van der Waals surface area contributed by atoms with Gasteiger partial charge >= 0.3 is 0 Å². The molecule has 1 aromatic carbocycles. The second-order valence-corrected chi connectivity index (χ2v) is 7.42. The fourth-order valence-electron chi connectivity index (χ4n) is 2.30. The molecule has 1 heterocycles. The van der Waals surface area contributed by atoms with Gasteiger partial charge in [-0.2, -0.15) is 0 Å². The van der Waals surface area contributed by atoms with Crippen LogP contribution in [0.3, 0.4) is 0 Å². The number of aromatic nitrogens is 3. The van der Waals surface area contributed by atoms with Gasteiger partial charge in [-0.1, -0.05) is 13.3 Å². The Labute approximate surface area is 188 Å². The lowest BCUT2D eigenvalue weighted by atomic mass is 10.3. The van der Waals surface area contributed by atoms with Gasteiger partial charge < -0.3 is 15.2 Å². The number of nitrogens with one attached hydrogen (secondary N) is 2. The Morgan fingerprint density at radius 2 is 1.82 bits per heavy atom. The number of rotatable bonds is 10. The first-order valence-electron chi connectivity index (χ1n) is 9.35. The minimum Gasteiger partial charge on any atom is -0.356 e. The minimum atomic E-state index is -0.196. The van der Waals surface area contributed by atoms with Crippen molar-refractivity contribution >= 4 is 41.7 Å². The highest BCUT2D eigenvalue weighted by Gasteiger charge is 2.05. The molecular weight excluding hydrogens is 490 g/mol. The van der Waals surface area contributed by atoms with Gasteiger partial charge in [-0.05, 0) is 49.8 Å². The van der Waals surface area contributed by atoms with Crippen LogP contribution in [0.25, 0.3) is 0 Å². The number of guanidine groups is 1. The Morgan fingerprint density at radius 3 is 2.43 bits per heavy atom. The molecule has 2 N–H and O–H groups in total. The Balaban J connectivity index is 0.00000392. The number of halogens is 2. The lowest BCUT2D eigenvalue weighted by molar-refractivity contribution is 0.626. The largest absolute Gasteiger partial charge is 0.356 e. The van der Waals surface area contributed by atoms with Crippen LogP contribution in [0.2, 0.25) is 0 Å². The summed E-state index contributed by atoms with van der Waals surface area (Å²) in [5.41, 5.74) is 0. The van der Waals surface area contributed by atoms with Crippen LogP contribution in [-0.2, 0) is 13.6 Å². The number of hydrogen-bond donors (Lipinski definition) is 2. The number of aliphatic imine (C=N–C) groups is 1. The van der Waals surface area contributed by atoms with Gasteiger partial charge in [0.15, 0.2) is 11.8 Å². The van der Waals surface area contributed by atoms with E-state index in [9.17, 15) is 4.39 Å². The van der Waals surface area contributed by atoms with E-state index < -0.39 is 0 Å². The molecule has 1 aromatic heterocycles. The maximum atomic E-state index is 12.9. The zero-order valence-corrected chi connectivity index (χ0v) is 19.9. The van der Waals surface area contributed by atoms with E-state index in [1.165, 1.54) is 12.1 Å². The van der Waals surface area contributed by atoms with Crippen molar-refractivity contribution in [2.45, 2.75) is 44.6 Å². The molecule has 0 spiro atoms. The lowest BCUT2D eigenvalue weighted by Crippen LogP contribution is -2.38. The van der Waals surface area contributed by atoms with E-state index in [2.05, 4.69) is 32.7 Å². The van der Waals surface area contributed by atoms with E-state index in [-0.39, 0.29) is 29.8 Å². The van der Waals surface area contributed by atoms with Crippen molar-refractivity contribution in [2.75, 3.05) is 18.8 Å². The van der Waals surface area contributed by atoms with Gasteiger partial charge in [0.1, 0.15) is 18.2 Å². The van der Waals surface area contributed by atoms with Crippen LogP contribution < -0.4 is 10.6 Å². The summed E-state index contributed by atoms with van der Waals surface area (Å²) >= 11 is 1.73. The zero-order chi connectivity index (χ0) is 19.5. The van der Waals surface area contributed by atoms with Crippen molar-refractivity contribution in [3.63, 3.8) is 0 Å². The topological polar surface area (TPSA) is 67.1 Å². The molecule has 0 saturated heterocycles. The molecular formula is C19H30FIN6S. The summed E-state index contributed by atoms with van der Waals surface area (Å²) in [5.74, 6) is 3.29. The van der Waals surface area contributed by atoms with Gasteiger partial charge in [-0.3, -0.25) is 0 Å². The summed E-state index contributed by atoms with van der Waals surface area (Å²) in [7, 11) is 1.95. The second kappa shape index (κ2) is 13.8. The molecule has 0 aliphatic rings. The highest BCUT2D eigenvalue weighted by molar-refractivity contribution is 14.0. The Bertz CT molecular complexity index is 720. The molecule has 0 saturated carbocycles. The first kappa shape index (κ1) is 24.7. The Kier molecular flexibility index (Phi) is 12.1. The van der Waals surface area contributed by atoms with Crippen molar-refractivity contribution in [2.24, 2.45) is 12.0 Å². The summed E-state index contributed by atoms with van der Waals surface area (Å²) in [6.45, 7) is 6.30. The van der Waals surface area contributed by atoms with E-state index in [0.717, 1.165) is 60.6 Å². The smallest absolute Gasteiger partial charge is 0.191 e. The molecule has 0 atom stereocenters. The van der Waals surface area contributed by atoms with E-state index in [0.29, 0.717) is 6.54 Å². The average molecular weight is 520 g/mol. The molecule has 0 bridgehead atoms. The Morgan fingerprint density at radius 1 is 1.14 bits per heavy atom. The third-order valence-electron chi connectivity index (χ3n) is 4.08. The van der Waals surface area contributed by atoms with Crippen molar-refractivity contribution in [1.29, 1.82) is 0 Å². The molecule has 156 valence electrons. The molecule has 9 heteroatoms. The molecule has 0 unspecified atom stereocenters. The molecule has 6 nitrogen and oxygen atoms in total. The number of nitrogens with zero attached hydrogens (tertiary/aromatic N) is 4. The molecule has 2 aromatic rings. The van der Waals surface area contributed by atoms with E-state index in [1.807, 2.05) is 30.7 Å². The molecule has 0 fully saturated rings. The van der Waals surface area contributed by atoms with Crippen LogP contribution in [0, 0.1) is 12.7 Å². The highest BCUT2D eigenvalue weighted by Crippen LogP contribution is 2.18. The first-order chi connectivity index (χ1) is 13.1. The number of benzene rings is 1. The normalized spacial score (nSPS) is 11.2. The summed E-state index contributed by atoms with van der Waals surface area (Å²) in [6.07, 6.45) is 3.22. The van der Waals surface area contributed by atoms with Crippen LogP contribution in [0.15, 0.2) is 34.2 Å². The van der Waals surface area contributed by atoms with Crippen LogP contribution in [0.4, 0.5) is 4.39 Å². The fraction of sp³-hybridized carbons (Fsp3) is 0.526. The maximum absolute atomic E-state index is 12.9. The third-order valence-corrected chi connectivity index (χ3v) is 5.18. The minimum absolute atomic E-state index is 0. The predicted octanol–water partition coefficient (Wildman–Crippen LogP) is 3.90. The van der Waals surface area contributed by atoms with Gasteiger partial charge in [0.05, 0.1) is 0 Å². The third kappa shape index (κ3) is 8.76. The van der Waals surface area contributed by atoms with E-state index in [4.69, 9.17) is 0 Å². The number of hydrogen-bond acceptors (Lipinski definition) is 4. The van der Waals surface area contributed by atoms with Gasteiger partial charge in [0.2, 0.25) is 0 Å². The summed E-state index contributed by atoms with van der Waals surface area (Å²) < 4.78 is 14.9. The molecule has 0 amide bonds. The monoisotopic (exact) mass is 520 g/mol. The van der Waals surface area contributed by atoms with E-state index >= 15 is 0 Å². The average Bonchev–Trinajstić information content (AvgIpc) is 2.99. The Hall–Kier alpha value is -1.36. The SMILES string of the molecule is CCCCNC(=NCc1nnc(C)n1C)NCCCSc1ccc(F)cc1.I. The van der Waals surface area contributed by atoms with E-state index in [1.54, 1.807) is 11.8 Å². The van der Waals surface area contributed by atoms with Crippen molar-refractivity contribution in [1.82, 2.24) is 25.4 Å². The summed E-state index contributed by atoms with van der Waals surface area (Å²) in [4.78, 5) is 5.72. The van der Waals surface area contributed by atoms with Crippen molar-refractivity contribution in [3.05, 3.63) is 41.7 Å². The van der Waals surface area contributed by atoms with Crippen molar-refractivity contribution in [3.8, 4) is 0 Å². The van der Waals surface area contributed by atoms with Crippen LogP contribution in [-0.4, -0.2) is 39.6 Å². The molecule has 0 aliphatic heterocycles. The molecule has 2 rings (SSSR count). The number of unbranched alkanes of at least 4 members (excludes halogenated alkanes) is 1. The van der Waals surface area contributed by atoms with Gasteiger partial charge in [-0.15, -0.1) is 45.9 Å². The maximum Gasteiger partial charge on any atom is 0.191 e. The van der Waals surface area contributed by atoms with Gasteiger partial charge in [-0.25, -0.2) is 9.38 Å². The molecule has 0 aliphatic carbocycles. The van der Waals surface area contributed by atoms with Gasteiger partial charge in [0, 0.05) is 25.0 Å². The van der Waals surface area contributed by atoms with Crippen LogP contribution >= 0.6 is 35.7 Å². The first-order valence-corrected chi connectivity index (χ1v) is 10.3. The molecule has 0 radical (unpaired) electrons. The summed E-state index contributed by atoms with van der Waals surface area (Å²) in [5, 5.41) is 15.0. The number of thioether (sulfide) groups is 1. The summed E-state index contributed by atoms with van der Waals surface area (Å²) in [6, 6.07) is 6.62. The standard InChI is InChI=1S/C19H29FN6S.HI/c1-4-5-11-21-19(23-14-18-25-24-15(2)26(18)3)22-12-6-13-27-17-9-7-16(20)8-10-17;/h7-10H,4-6,11-14H2,1-3H3,(H2,21,22,23);1H. The van der Waals surface area contributed by atoms with Crippen LogP contribution in [0.5, 0.6) is 0 Å². The molecule has 28 heavy (non-hydrogen) atoms. The zero-order valence-electron chi connectivity index (χ0n) is 16.7. The predicted molar refractivity (Wildman–Crippen MR) is 125 cm³/mol.